The molecule has 1 aromatic heterocycles. The molecule has 1 amide bonds. The fourth-order valence-electron chi connectivity index (χ4n) is 3.36. The van der Waals surface area contributed by atoms with Gasteiger partial charge in [-0.25, -0.2) is 0 Å². The summed E-state index contributed by atoms with van der Waals surface area (Å²) in [6, 6.07) is 15.2. The van der Waals surface area contributed by atoms with Crippen LogP contribution in [0.1, 0.15) is 28.1 Å². The van der Waals surface area contributed by atoms with Crippen molar-refractivity contribution in [2.24, 2.45) is 0 Å². The molecule has 0 saturated carbocycles. The molecular weight excluding hydrogens is 417 g/mol. The Labute approximate surface area is 186 Å². The number of nitriles is 1. The molecule has 0 saturated heterocycles. The number of hydrogen-bond donors (Lipinski definition) is 1. The molecule has 3 rings (SSSR count). The summed E-state index contributed by atoms with van der Waals surface area (Å²) < 4.78 is 2.13. The highest BCUT2D eigenvalue weighted by Gasteiger charge is 2.16. The van der Waals surface area contributed by atoms with Gasteiger partial charge in [-0.2, -0.15) is 5.26 Å². The van der Waals surface area contributed by atoms with Crippen molar-refractivity contribution >= 4 is 40.9 Å². The standard InChI is InChI=1S/C24H21Cl2N3O/c1-14-8-9-15(2)22(10-14)29-16(3)11-18(17(29)4)12-19(13-27)24(30)28-21-7-5-6-20(25)23(21)26/h5-12H,1-4H3,(H,28,30)/b19-12-. The number of amides is 1. The fourth-order valence-corrected chi connectivity index (χ4v) is 3.71. The van der Waals surface area contributed by atoms with Crippen LogP contribution in [0.4, 0.5) is 5.69 Å². The van der Waals surface area contributed by atoms with Gasteiger partial charge in [0.15, 0.2) is 0 Å². The number of benzene rings is 2. The van der Waals surface area contributed by atoms with Gasteiger partial charge in [0, 0.05) is 17.1 Å². The van der Waals surface area contributed by atoms with Crippen molar-refractivity contribution in [3.05, 3.63) is 86.2 Å². The molecule has 0 aliphatic rings. The van der Waals surface area contributed by atoms with Crippen molar-refractivity contribution < 1.29 is 4.79 Å². The normalized spacial score (nSPS) is 11.3. The number of halogens is 2. The van der Waals surface area contributed by atoms with Crippen LogP contribution < -0.4 is 5.32 Å². The lowest BCUT2D eigenvalue weighted by atomic mass is 10.1. The number of rotatable bonds is 4. The molecular formula is C24H21Cl2N3O. The Morgan fingerprint density at radius 1 is 1.10 bits per heavy atom. The SMILES string of the molecule is Cc1ccc(C)c(-n2c(C)cc(/C=C(/C#N)C(=O)Nc3cccc(Cl)c3Cl)c2C)c1. The number of hydrogen-bond acceptors (Lipinski definition) is 2. The van der Waals surface area contributed by atoms with E-state index in [4.69, 9.17) is 23.2 Å². The van der Waals surface area contributed by atoms with Crippen LogP contribution in [-0.2, 0) is 4.79 Å². The topological polar surface area (TPSA) is 57.8 Å². The van der Waals surface area contributed by atoms with Crippen molar-refractivity contribution in [1.29, 1.82) is 5.26 Å². The van der Waals surface area contributed by atoms with Gasteiger partial charge in [-0.3, -0.25) is 4.79 Å². The second-order valence-electron chi connectivity index (χ2n) is 7.18. The highest BCUT2D eigenvalue weighted by molar-refractivity contribution is 6.44. The van der Waals surface area contributed by atoms with E-state index in [-0.39, 0.29) is 10.6 Å². The van der Waals surface area contributed by atoms with Crippen LogP contribution in [0.2, 0.25) is 10.0 Å². The van der Waals surface area contributed by atoms with E-state index < -0.39 is 5.91 Å². The molecule has 0 spiro atoms. The quantitative estimate of drug-likeness (QED) is 0.370. The lowest BCUT2D eigenvalue weighted by Gasteiger charge is -2.13. The third kappa shape index (κ3) is 4.28. The lowest BCUT2D eigenvalue weighted by molar-refractivity contribution is -0.112. The van der Waals surface area contributed by atoms with Gasteiger partial charge in [-0.1, -0.05) is 41.4 Å². The molecule has 0 radical (unpaired) electrons. The summed E-state index contributed by atoms with van der Waals surface area (Å²) in [6.45, 7) is 8.09. The molecule has 0 bridgehead atoms. The summed E-state index contributed by atoms with van der Waals surface area (Å²) >= 11 is 12.1. The van der Waals surface area contributed by atoms with Crippen LogP contribution in [0.3, 0.4) is 0 Å². The molecule has 6 heteroatoms. The average molecular weight is 438 g/mol. The number of nitrogens with one attached hydrogen (secondary N) is 1. The van der Waals surface area contributed by atoms with Gasteiger partial charge in [0.05, 0.1) is 15.7 Å². The maximum Gasteiger partial charge on any atom is 0.266 e. The van der Waals surface area contributed by atoms with Crippen LogP contribution in [0.15, 0.2) is 48.0 Å². The molecule has 4 nitrogen and oxygen atoms in total. The fraction of sp³-hybridized carbons (Fsp3) is 0.167. The Bertz CT molecular complexity index is 1220. The molecule has 0 fully saturated rings. The number of aryl methyl sites for hydroxylation is 3. The summed E-state index contributed by atoms with van der Waals surface area (Å²) in [5, 5.41) is 12.8. The molecule has 1 heterocycles. The van der Waals surface area contributed by atoms with Crippen molar-refractivity contribution in [3.63, 3.8) is 0 Å². The van der Waals surface area contributed by atoms with E-state index in [1.165, 1.54) is 0 Å². The minimum absolute atomic E-state index is 0.0211. The highest BCUT2D eigenvalue weighted by atomic mass is 35.5. The smallest absolute Gasteiger partial charge is 0.266 e. The minimum atomic E-state index is -0.543. The van der Waals surface area contributed by atoms with E-state index in [0.717, 1.165) is 33.8 Å². The lowest BCUT2D eigenvalue weighted by Crippen LogP contribution is -2.13. The zero-order valence-corrected chi connectivity index (χ0v) is 18.7. The van der Waals surface area contributed by atoms with Gasteiger partial charge in [0.1, 0.15) is 11.6 Å². The third-order valence-electron chi connectivity index (χ3n) is 4.94. The number of anilines is 1. The Balaban J connectivity index is 1.99. The van der Waals surface area contributed by atoms with E-state index in [1.54, 1.807) is 24.3 Å². The van der Waals surface area contributed by atoms with Gasteiger partial charge >= 0.3 is 0 Å². The molecule has 0 unspecified atom stereocenters. The summed E-state index contributed by atoms with van der Waals surface area (Å²) in [7, 11) is 0. The van der Waals surface area contributed by atoms with E-state index in [1.807, 2.05) is 26.0 Å². The summed E-state index contributed by atoms with van der Waals surface area (Å²) in [5.41, 5.74) is 6.49. The molecule has 30 heavy (non-hydrogen) atoms. The van der Waals surface area contributed by atoms with Crippen molar-refractivity contribution in [3.8, 4) is 11.8 Å². The zero-order valence-electron chi connectivity index (χ0n) is 17.2. The third-order valence-corrected chi connectivity index (χ3v) is 5.76. The van der Waals surface area contributed by atoms with Crippen molar-refractivity contribution in [2.75, 3.05) is 5.32 Å². The molecule has 0 atom stereocenters. The average Bonchev–Trinajstić information content (AvgIpc) is 2.98. The second kappa shape index (κ2) is 8.79. The largest absolute Gasteiger partial charge is 0.320 e. The summed E-state index contributed by atoms with van der Waals surface area (Å²) in [5.74, 6) is -0.543. The molecule has 1 N–H and O–H groups in total. The first-order valence-electron chi connectivity index (χ1n) is 9.36. The minimum Gasteiger partial charge on any atom is -0.320 e. The summed E-state index contributed by atoms with van der Waals surface area (Å²) in [6.07, 6.45) is 1.59. The monoisotopic (exact) mass is 437 g/mol. The Kier molecular flexibility index (Phi) is 6.36. The Hall–Kier alpha value is -3.00. The Morgan fingerprint density at radius 2 is 1.83 bits per heavy atom. The molecule has 3 aromatic rings. The molecule has 2 aromatic carbocycles. The van der Waals surface area contributed by atoms with E-state index in [0.29, 0.717) is 10.7 Å². The van der Waals surface area contributed by atoms with Gasteiger partial charge < -0.3 is 9.88 Å². The molecule has 152 valence electrons. The highest BCUT2D eigenvalue weighted by Crippen LogP contribution is 2.30. The number of aromatic nitrogens is 1. The van der Waals surface area contributed by atoms with Crippen LogP contribution in [0, 0.1) is 39.0 Å². The first kappa shape index (κ1) is 21.7. The first-order valence-corrected chi connectivity index (χ1v) is 10.1. The first-order chi connectivity index (χ1) is 14.2. The predicted molar refractivity (Wildman–Crippen MR) is 123 cm³/mol. The molecule has 0 aliphatic carbocycles. The van der Waals surface area contributed by atoms with E-state index >= 15 is 0 Å². The number of carbonyl (C=O) groups is 1. The number of nitrogens with zero attached hydrogens (tertiary/aromatic N) is 2. The predicted octanol–water partition coefficient (Wildman–Crippen LogP) is 6.56. The van der Waals surface area contributed by atoms with Crippen LogP contribution in [0.25, 0.3) is 11.8 Å². The van der Waals surface area contributed by atoms with Crippen LogP contribution >= 0.6 is 23.2 Å². The van der Waals surface area contributed by atoms with Crippen molar-refractivity contribution in [1.82, 2.24) is 4.57 Å². The zero-order chi connectivity index (χ0) is 22.0. The van der Waals surface area contributed by atoms with E-state index in [9.17, 15) is 10.1 Å². The van der Waals surface area contributed by atoms with Gasteiger partial charge in [0.2, 0.25) is 0 Å². The van der Waals surface area contributed by atoms with Gasteiger partial charge in [-0.05, 0) is 74.7 Å². The number of carbonyl (C=O) groups excluding carboxylic acids is 1. The van der Waals surface area contributed by atoms with Crippen LogP contribution in [0.5, 0.6) is 0 Å². The van der Waals surface area contributed by atoms with Crippen molar-refractivity contribution in [2.45, 2.75) is 27.7 Å². The van der Waals surface area contributed by atoms with Gasteiger partial charge in [-0.15, -0.1) is 0 Å². The molecule has 0 aliphatic heterocycles. The van der Waals surface area contributed by atoms with Crippen LogP contribution in [-0.4, -0.2) is 10.5 Å². The maximum absolute atomic E-state index is 12.7. The van der Waals surface area contributed by atoms with Gasteiger partial charge in [0.25, 0.3) is 5.91 Å². The van der Waals surface area contributed by atoms with E-state index in [2.05, 4.69) is 41.9 Å². The second-order valence-corrected chi connectivity index (χ2v) is 7.96. The summed E-state index contributed by atoms with van der Waals surface area (Å²) in [4.78, 5) is 12.7. The maximum atomic E-state index is 12.7. The Morgan fingerprint density at radius 3 is 2.53 bits per heavy atom.